The van der Waals surface area contributed by atoms with Crippen LogP contribution in [0.15, 0.2) is 22.7 Å². The molecule has 1 atom stereocenters. The molecule has 0 saturated carbocycles. The summed E-state index contributed by atoms with van der Waals surface area (Å²) in [7, 11) is 1.27. The molecule has 5 nitrogen and oxygen atoms in total. The highest BCUT2D eigenvalue weighted by atomic mass is 79.9. The van der Waals surface area contributed by atoms with Gasteiger partial charge in [0.05, 0.1) is 11.6 Å². The first-order valence-electron chi connectivity index (χ1n) is 4.94. The molecule has 1 aromatic rings. The maximum atomic E-state index is 11.7. The Labute approximate surface area is 117 Å². The van der Waals surface area contributed by atoms with Gasteiger partial charge in [-0.05, 0) is 34.1 Å². The molecule has 0 spiro atoms. The lowest BCUT2D eigenvalue weighted by Crippen LogP contribution is -2.37. The Kier molecular flexibility index (Phi) is 5.58. The molecule has 18 heavy (non-hydrogen) atoms. The zero-order valence-corrected chi connectivity index (χ0v) is 11.8. The van der Waals surface area contributed by atoms with Gasteiger partial charge < -0.3 is 15.2 Å². The molecule has 1 unspecified atom stereocenters. The van der Waals surface area contributed by atoms with Gasteiger partial charge in [0.15, 0.2) is 6.10 Å². The van der Waals surface area contributed by atoms with Crippen LogP contribution < -0.4 is 5.32 Å². The van der Waals surface area contributed by atoms with Gasteiger partial charge in [0.25, 0.3) is 5.91 Å². The predicted octanol–water partition coefficient (Wildman–Crippen LogP) is 1.93. The predicted molar refractivity (Wildman–Crippen MR) is 69.9 cm³/mol. The van der Waals surface area contributed by atoms with E-state index in [2.05, 4.69) is 21.2 Å². The molecular formula is C11H11BrClNO4. The van der Waals surface area contributed by atoms with Crippen LogP contribution in [0.3, 0.4) is 0 Å². The molecule has 0 aromatic heterocycles. The van der Waals surface area contributed by atoms with Gasteiger partial charge in [-0.15, -0.1) is 0 Å². The molecule has 0 radical (unpaired) electrons. The second-order valence-electron chi connectivity index (χ2n) is 3.40. The van der Waals surface area contributed by atoms with Crippen LogP contribution in [-0.4, -0.2) is 36.7 Å². The molecule has 2 N–H and O–H groups in total. The quantitative estimate of drug-likeness (QED) is 0.861. The summed E-state index contributed by atoms with van der Waals surface area (Å²) >= 11 is 9.06. The maximum Gasteiger partial charge on any atom is 0.334 e. The number of carboxylic acids is 1. The Balaban J connectivity index is 2.65. The molecule has 1 aromatic carbocycles. The molecule has 1 rings (SSSR count). The van der Waals surface area contributed by atoms with Crippen molar-refractivity contribution in [1.29, 1.82) is 0 Å². The van der Waals surface area contributed by atoms with E-state index in [1.54, 1.807) is 12.1 Å². The fourth-order valence-electron chi connectivity index (χ4n) is 1.20. The van der Waals surface area contributed by atoms with Gasteiger partial charge in [0.1, 0.15) is 0 Å². The minimum absolute atomic E-state index is 0.113. The van der Waals surface area contributed by atoms with Crippen LogP contribution >= 0.6 is 27.5 Å². The number of aliphatic carboxylic acids is 1. The summed E-state index contributed by atoms with van der Waals surface area (Å²) in [6.07, 6.45) is -1.07. The number of ether oxygens (including phenoxy) is 1. The second-order valence-corrected chi connectivity index (χ2v) is 4.66. The van der Waals surface area contributed by atoms with Crippen molar-refractivity contribution in [2.24, 2.45) is 0 Å². The van der Waals surface area contributed by atoms with E-state index in [9.17, 15) is 9.59 Å². The van der Waals surface area contributed by atoms with Gasteiger partial charge in [0.2, 0.25) is 0 Å². The van der Waals surface area contributed by atoms with Crippen LogP contribution in [0.2, 0.25) is 5.02 Å². The van der Waals surface area contributed by atoms with Crippen molar-refractivity contribution in [1.82, 2.24) is 5.32 Å². The normalized spacial score (nSPS) is 11.9. The largest absolute Gasteiger partial charge is 0.479 e. The van der Waals surface area contributed by atoms with Crippen molar-refractivity contribution >= 4 is 39.4 Å². The van der Waals surface area contributed by atoms with Gasteiger partial charge in [-0.1, -0.05) is 11.6 Å². The maximum absolute atomic E-state index is 11.7. The number of rotatable bonds is 5. The van der Waals surface area contributed by atoms with E-state index in [0.717, 1.165) is 0 Å². The van der Waals surface area contributed by atoms with Crippen LogP contribution in [0.25, 0.3) is 0 Å². The Hall–Kier alpha value is -1.11. The summed E-state index contributed by atoms with van der Waals surface area (Å²) in [5, 5.41) is 11.6. The molecule has 0 aliphatic heterocycles. The highest BCUT2D eigenvalue weighted by molar-refractivity contribution is 9.10. The highest BCUT2D eigenvalue weighted by Crippen LogP contribution is 2.23. The molecule has 0 saturated heterocycles. The first-order valence-corrected chi connectivity index (χ1v) is 6.11. The number of nitrogens with one attached hydrogen (secondary N) is 1. The third kappa shape index (κ3) is 3.97. The lowest BCUT2D eigenvalue weighted by molar-refractivity contribution is -0.148. The number of carbonyl (C=O) groups excluding carboxylic acids is 1. The summed E-state index contributed by atoms with van der Waals surface area (Å²) in [5.74, 6) is -1.54. The molecule has 7 heteroatoms. The van der Waals surface area contributed by atoms with Gasteiger partial charge in [-0.25, -0.2) is 4.79 Å². The number of halogens is 2. The third-order valence-electron chi connectivity index (χ3n) is 2.19. The second kappa shape index (κ2) is 6.72. The molecule has 0 aliphatic rings. The monoisotopic (exact) mass is 335 g/mol. The highest BCUT2D eigenvalue weighted by Gasteiger charge is 2.17. The zero-order valence-electron chi connectivity index (χ0n) is 9.44. The number of benzene rings is 1. The van der Waals surface area contributed by atoms with E-state index >= 15 is 0 Å². The van der Waals surface area contributed by atoms with Crippen molar-refractivity contribution in [3.8, 4) is 0 Å². The van der Waals surface area contributed by atoms with Crippen molar-refractivity contribution in [2.45, 2.75) is 6.10 Å². The van der Waals surface area contributed by atoms with Crippen LogP contribution in [0.1, 0.15) is 10.4 Å². The van der Waals surface area contributed by atoms with E-state index < -0.39 is 18.0 Å². The number of carbonyl (C=O) groups is 2. The fraction of sp³-hybridized carbons (Fsp3) is 0.273. The molecule has 98 valence electrons. The number of methoxy groups -OCH3 is 1. The molecular weight excluding hydrogens is 325 g/mol. The van der Waals surface area contributed by atoms with Crippen LogP contribution in [-0.2, 0) is 9.53 Å². The smallest absolute Gasteiger partial charge is 0.334 e. The summed E-state index contributed by atoms with van der Waals surface area (Å²) in [5.41, 5.74) is 0.350. The van der Waals surface area contributed by atoms with E-state index in [4.69, 9.17) is 21.4 Å². The minimum atomic E-state index is -1.13. The summed E-state index contributed by atoms with van der Waals surface area (Å²) < 4.78 is 5.37. The number of hydrogen-bond acceptors (Lipinski definition) is 3. The first kappa shape index (κ1) is 14.9. The molecule has 0 fully saturated rings. The van der Waals surface area contributed by atoms with E-state index in [1.165, 1.54) is 13.2 Å². The molecule has 0 bridgehead atoms. The van der Waals surface area contributed by atoms with Crippen LogP contribution in [0, 0.1) is 0 Å². The topological polar surface area (TPSA) is 75.6 Å². The van der Waals surface area contributed by atoms with E-state index in [0.29, 0.717) is 15.1 Å². The average Bonchev–Trinajstić information content (AvgIpc) is 2.32. The Bertz CT molecular complexity index is 466. The van der Waals surface area contributed by atoms with Crippen LogP contribution in [0.4, 0.5) is 0 Å². The van der Waals surface area contributed by atoms with Crippen molar-refractivity contribution in [2.75, 3.05) is 13.7 Å². The van der Waals surface area contributed by atoms with Gasteiger partial charge in [0, 0.05) is 17.1 Å². The van der Waals surface area contributed by atoms with Crippen molar-refractivity contribution in [3.05, 3.63) is 33.3 Å². The van der Waals surface area contributed by atoms with Crippen molar-refractivity contribution in [3.63, 3.8) is 0 Å². The zero-order chi connectivity index (χ0) is 13.7. The summed E-state index contributed by atoms with van der Waals surface area (Å²) in [6.45, 7) is -0.113. The lowest BCUT2D eigenvalue weighted by Gasteiger charge is -2.11. The molecule has 0 aliphatic carbocycles. The third-order valence-corrected chi connectivity index (χ3v) is 3.42. The van der Waals surface area contributed by atoms with Gasteiger partial charge in [-0.3, -0.25) is 4.79 Å². The Morgan fingerprint density at radius 1 is 1.56 bits per heavy atom. The van der Waals surface area contributed by atoms with Crippen LogP contribution in [0.5, 0.6) is 0 Å². The summed E-state index contributed by atoms with van der Waals surface area (Å²) in [4.78, 5) is 22.4. The lowest BCUT2D eigenvalue weighted by atomic mass is 10.2. The first-order chi connectivity index (χ1) is 8.45. The SMILES string of the molecule is COC(CNC(=O)c1ccc(Br)c(Cl)c1)C(=O)O. The Morgan fingerprint density at radius 2 is 2.22 bits per heavy atom. The van der Waals surface area contributed by atoms with Gasteiger partial charge >= 0.3 is 5.97 Å². The standard InChI is InChI=1S/C11H11BrClNO4/c1-18-9(11(16)17)5-14-10(15)6-2-3-7(12)8(13)4-6/h2-4,9H,5H2,1H3,(H,14,15)(H,16,17). The van der Waals surface area contributed by atoms with Gasteiger partial charge in [-0.2, -0.15) is 0 Å². The number of amides is 1. The van der Waals surface area contributed by atoms with E-state index in [-0.39, 0.29) is 6.54 Å². The molecule has 0 heterocycles. The van der Waals surface area contributed by atoms with Crippen molar-refractivity contribution < 1.29 is 19.4 Å². The van der Waals surface area contributed by atoms with E-state index in [1.807, 2.05) is 0 Å². The minimum Gasteiger partial charge on any atom is -0.479 e. The number of carboxylic acid groups (broad SMARTS) is 1. The molecule has 1 amide bonds. The fourth-order valence-corrected chi connectivity index (χ4v) is 1.62. The summed E-state index contributed by atoms with van der Waals surface area (Å²) in [6, 6.07) is 4.71. The Morgan fingerprint density at radius 3 is 2.72 bits per heavy atom. The average molecular weight is 337 g/mol. The number of hydrogen-bond donors (Lipinski definition) is 2.